The quantitative estimate of drug-likeness (QED) is 0.0879. The lowest BCUT2D eigenvalue weighted by atomic mass is 10.1. The van der Waals surface area contributed by atoms with Crippen LogP contribution in [0.4, 0.5) is 0 Å². The Morgan fingerprint density at radius 1 is 0.595 bits per heavy atom. The molecule has 0 spiro atoms. The second kappa shape index (κ2) is 20.9. The van der Waals surface area contributed by atoms with Crippen molar-refractivity contribution in [3.8, 4) is 0 Å². The van der Waals surface area contributed by atoms with Crippen molar-refractivity contribution in [2.75, 3.05) is 91.6 Å². The van der Waals surface area contributed by atoms with Crippen LogP contribution in [-0.4, -0.2) is 179 Å². The molecule has 16 nitrogen and oxygen atoms in total. The Hall–Kier alpha value is -2.89. The summed E-state index contributed by atoms with van der Waals surface area (Å²) in [5, 5.41) is 53.5. The Morgan fingerprint density at radius 3 is 1.36 bits per heavy atom. The first-order valence-electron chi connectivity index (χ1n) is 14.3. The molecule has 42 heavy (non-hydrogen) atoms. The number of amides is 2. The molecule has 7 N–H and O–H groups in total. The Morgan fingerprint density at radius 2 is 0.976 bits per heavy atom. The third-order valence-corrected chi connectivity index (χ3v) is 6.71. The molecule has 16 heteroatoms. The topological polar surface area (TPSA) is 224 Å². The molecule has 0 aromatic rings. The fraction of sp³-hybridized carbons (Fsp3) is 0.808. The predicted octanol–water partition coefficient (Wildman–Crippen LogP) is -3.00. The van der Waals surface area contributed by atoms with E-state index in [2.05, 4.69) is 10.6 Å². The average Bonchev–Trinajstić information content (AvgIpc) is 2.87. The molecular formula is C26H48N6O10. The van der Waals surface area contributed by atoms with Crippen molar-refractivity contribution >= 4 is 29.7 Å². The van der Waals surface area contributed by atoms with E-state index in [1.54, 1.807) is 19.6 Å². The van der Waals surface area contributed by atoms with Gasteiger partial charge in [-0.1, -0.05) is 6.92 Å². The summed E-state index contributed by atoms with van der Waals surface area (Å²) in [5.41, 5.74) is 0. The number of aliphatic carboxylic acids is 3. The SMILES string of the molecule is CCCNC(=O)CC(O)CC(O)CCNC(=O)CN1CCN(CC(=O)O)CCN(CC(=O)O)CCN(CC(=O)O)CC1. The zero-order valence-corrected chi connectivity index (χ0v) is 24.4. The fourth-order valence-corrected chi connectivity index (χ4v) is 4.49. The molecule has 1 aliphatic heterocycles. The Balaban J connectivity index is 2.71. The number of carboxylic acid groups (broad SMARTS) is 3. The number of carbonyl (C=O) groups excluding carboxylic acids is 2. The van der Waals surface area contributed by atoms with E-state index in [-0.39, 0.29) is 90.0 Å². The van der Waals surface area contributed by atoms with Crippen LogP contribution in [-0.2, 0) is 24.0 Å². The number of nitrogens with zero attached hydrogens (tertiary/aromatic N) is 4. The lowest BCUT2D eigenvalue weighted by Gasteiger charge is -2.32. The summed E-state index contributed by atoms with van der Waals surface area (Å²) >= 11 is 0. The zero-order chi connectivity index (χ0) is 31.5. The molecule has 1 fully saturated rings. The van der Waals surface area contributed by atoms with E-state index in [4.69, 9.17) is 0 Å². The lowest BCUT2D eigenvalue weighted by Crippen LogP contribution is -2.49. The molecule has 1 aliphatic rings. The third kappa shape index (κ3) is 18.5. The minimum Gasteiger partial charge on any atom is -0.480 e. The molecule has 242 valence electrons. The van der Waals surface area contributed by atoms with E-state index in [0.29, 0.717) is 32.7 Å². The van der Waals surface area contributed by atoms with Crippen LogP contribution < -0.4 is 10.6 Å². The van der Waals surface area contributed by atoms with Gasteiger partial charge in [0.2, 0.25) is 11.8 Å². The first kappa shape index (κ1) is 37.1. The Bertz CT molecular complexity index is 831. The summed E-state index contributed by atoms with van der Waals surface area (Å²) < 4.78 is 0. The van der Waals surface area contributed by atoms with Gasteiger partial charge in [-0.3, -0.25) is 43.6 Å². The van der Waals surface area contributed by atoms with Crippen LogP contribution in [0.1, 0.15) is 32.6 Å². The molecule has 0 aliphatic carbocycles. The molecule has 0 aromatic carbocycles. The van der Waals surface area contributed by atoms with Gasteiger partial charge in [-0.05, 0) is 19.3 Å². The third-order valence-electron chi connectivity index (χ3n) is 6.71. The van der Waals surface area contributed by atoms with Gasteiger partial charge in [0.15, 0.2) is 0 Å². The van der Waals surface area contributed by atoms with Gasteiger partial charge in [-0.2, -0.15) is 0 Å². The normalized spacial score (nSPS) is 18.3. The number of rotatable bonds is 17. The largest absolute Gasteiger partial charge is 0.480 e. The highest BCUT2D eigenvalue weighted by atomic mass is 16.4. The number of aliphatic hydroxyl groups excluding tert-OH is 2. The minimum absolute atomic E-state index is 0.00966. The zero-order valence-electron chi connectivity index (χ0n) is 24.4. The molecule has 2 unspecified atom stereocenters. The van der Waals surface area contributed by atoms with Crippen molar-refractivity contribution in [2.45, 2.75) is 44.8 Å². The van der Waals surface area contributed by atoms with Gasteiger partial charge < -0.3 is 36.2 Å². The number of nitrogens with one attached hydrogen (secondary N) is 2. The Kier molecular flexibility index (Phi) is 18.5. The summed E-state index contributed by atoms with van der Waals surface area (Å²) in [6.45, 7) is 4.10. The van der Waals surface area contributed by atoms with Crippen LogP contribution in [0.15, 0.2) is 0 Å². The molecule has 2 atom stereocenters. The molecule has 1 saturated heterocycles. The monoisotopic (exact) mass is 604 g/mol. The number of hydrogen-bond donors (Lipinski definition) is 7. The fourth-order valence-electron chi connectivity index (χ4n) is 4.49. The maximum atomic E-state index is 12.7. The van der Waals surface area contributed by atoms with Gasteiger partial charge in [0.1, 0.15) is 0 Å². The molecule has 0 saturated carbocycles. The van der Waals surface area contributed by atoms with E-state index >= 15 is 0 Å². The van der Waals surface area contributed by atoms with Gasteiger partial charge in [-0.15, -0.1) is 0 Å². The molecule has 1 rings (SSSR count). The molecular weight excluding hydrogens is 556 g/mol. The van der Waals surface area contributed by atoms with Crippen molar-refractivity contribution in [3.05, 3.63) is 0 Å². The Labute approximate surface area is 246 Å². The van der Waals surface area contributed by atoms with Crippen LogP contribution in [0.3, 0.4) is 0 Å². The number of hydrogen-bond acceptors (Lipinski definition) is 11. The van der Waals surface area contributed by atoms with Crippen molar-refractivity contribution in [1.29, 1.82) is 0 Å². The van der Waals surface area contributed by atoms with E-state index < -0.39 is 30.1 Å². The molecule has 1 heterocycles. The highest BCUT2D eigenvalue weighted by molar-refractivity contribution is 5.78. The van der Waals surface area contributed by atoms with E-state index in [9.17, 15) is 49.5 Å². The van der Waals surface area contributed by atoms with Gasteiger partial charge in [-0.25, -0.2) is 0 Å². The number of carbonyl (C=O) groups is 5. The van der Waals surface area contributed by atoms with Crippen molar-refractivity contribution < 1.29 is 49.5 Å². The summed E-state index contributed by atoms with van der Waals surface area (Å²) in [5.74, 6) is -3.73. The molecule has 0 bridgehead atoms. The van der Waals surface area contributed by atoms with Crippen molar-refractivity contribution in [1.82, 2.24) is 30.2 Å². The second-order valence-electron chi connectivity index (χ2n) is 10.5. The van der Waals surface area contributed by atoms with Crippen molar-refractivity contribution in [3.63, 3.8) is 0 Å². The molecule has 0 radical (unpaired) electrons. The summed E-state index contributed by atoms with van der Waals surface area (Å²) in [7, 11) is 0. The highest BCUT2D eigenvalue weighted by Gasteiger charge is 2.21. The van der Waals surface area contributed by atoms with E-state index in [1.165, 1.54) is 0 Å². The van der Waals surface area contributed by atoms with Crippen molar-refractivity contribution in [2.24, 2.45) is 0 Å². The van der Waals surface area contributed by atoms with E-state index in [1.807, 2.05) is 6.92 Å². The minimum atomic E-state index is -1.03. The van der Waals surface area contributed by atoms with Crippen LogP contribution in [0.5, 0.6) is 0 Å². The lowest BCUT2D eigenvalue weighted by molar-refractivity contribution is -0.140. The summed E-state index contributed by atoms with van der Waals surface area (Å²) in [6.07, 6.45) is -1.11. The van der Waals surface area contributed by atoms with Crippen LogP contribution in [0.25, 0.3) is 0 Å². The first-order chi connectivity index (χ1) is 19.9. The number of carboxylic acids is 3. The van der Waals surface area contributed by atoms with Gasteiger partial charge in [0.25, 0.3) is 0 Å². The van der Waals surface area contributed by atoms with Crippen LogP contribution in [0.2, 0.25) is 0 Å². The first-order valence-corrected chi connectivity index (χ1v) is 14.3. The maximum absolute atomic E-state index is 12.7. The smallest absolute Gasteiger partial charge is 0.317 e. The van der Waals surface area contributed by atoms with Gasteiger partial charge >= 0.3 is 17.9 Å². The highest BCUT2D eigenvalue weighted by Crippen LogP contribution is 2.06. The second-order valence-corrected chi connectivity index (χ2v) is 10.5. The number of aliphatic hydroxyl groups is 2. The summed E-state index contributed by atoms with van der Waals surface area (Å²) in [4.78, 5) is 65.3. The summed E-state index contributed by atoms with van der Waals surface area (Å²) in [6, 6.07) is 0. The molecule has 0 aromatic heterocycles. The predicted molar refractivity (Wildman–Crippen MR) is 151 cm³/mol. The standard InChI is InChI=1S/C26H48N6O10/c1-2-4-27-22(35)15-21(34)14-20(33)3-5-28-23(36)16-29-6-8-30(17-24(37)38)10-12-32(19-26(41)42)13-11-31(9-7-29)18-25(39)40/h20-21,33-34H,2-19H2,1H3,(H,27,35)(H,28,36)(H,37,38)(H,39,40)(H,41,42). The van der Waals surface area contributed by atoms with Gasteiger partial charge in [0.05, 0.1) is 44.8 Å². The average molecular weight is 605 g/mol. The van der Waals surface area contributed by atoms with E-state index in [0.717, 1.165) is 6.42 Å². The van der Waals surface area contributed by atoms with Gasteiger partial charge in [0, 0.05) is 65.4 Å². The maximum Gasteiger partial charge on any atom is 0.317 e. The van der Waals surface area contributed by atoms with Crippen LogP contribution in [0, 0.1) is 0 Å². The molecule has 2 amide bonds. The van der Waals surface area contributed by atoms with Crippen LogP contribution >= 0.6 is 0 Å².